The highest BCUT2D eigenvalue weighted by atomic mass is 79.9. The Morgan fingerprint density at radius 3 is 2.76 bits per heavy atom. The number of benzene rings is 1. The van der Waals surface area contributed by atoms with Crippen LogP contribution in [0.4, 0.5) is 5.69 Å². The minimum Gasteiger partial charge on any atom is -0.478 e. The molecule has 1 atom stereocenters. The topological polar surface area (TPSA) is 83.6 Å². The third kappa shape index (κ3) is 2.32. The van der Waals surface area contributed by atoms with Crippen molar-refractivity contribution in [2.45, 2.75) is 12.5 Å². The van der Waals surface area contributed by atoms with E-state index in [1.54, 1.807) is 6.07 Å². The summed E-state index contributed by atoms with van der Waals surface area (Å²) < 4.78 is 0.685. The zero-order chi connectivity index (χ0) is 12.6. The molecule has 1 aromatic rings. The van der Waals surface area contributed by atoms with Gasteiger partial charge in [0, 0.05) is 23.5 Å². The summed E-state index contributed by atoms with van der Waals surface area (Å²) >= 11 is 3.31. The van der Waals surface area contributed by atoms with Crippen molar-refractivity contribution in [3.8, 4) is 0 Å². The van der Waals surface area contributed by atoms with Crippen molar-refractivity contribution in [3.63, 3.8) is 0 Å². The molecule has 0 radical (unpaired) electrons. The zero-order valence-corrected chi connectivity index (χ0v) is 10.5. The quantitative estimate of drug-likeness (QED) is 0.860. The summed E-state index contributed by atoms with van der Waals surface area (Å²) in [5.74, 6) is -1.10. The number of carboxylic acid groups (broad SMARTS) is 1. The molecule has 0 saturated carbocycles. The molecule has 1 aliphatic heterocycles. The van der Waals surface area contributed by atoms with Crippen molar-refractivity contribution in [1.82, 2.24) is 0 Å². The van der Waals surface area contributed by atoms with Crippen LogP contribution in [0.25, 0.3) is 0 Å². The first-order valence-electron chi connectivity index (χ1n) is 5.08. The van der Waals surface area contributed by atoms with Crippen molar-refractivity contribution in [3.05, 3.63) is 28.2 Å². The average Bonchev–Trinajstić information content (AvgIpc) is 2.58. The van der Waals surface area contributed by atoms with E-state index in [1.807, 2.05) is 0 Å². The monoisotopic (exact) mass is 298 g/mol. The van der Waals surface area contributed by atoms with Crippen LogP contribution in [0.15, 0.2) is 22.7 Å². The van der Waals surface area contributed by atoms with Gasteiger partial charge in [-0.1, -0.05) is 0 Å². The van der Waals surface area contributed by atoms with Gasteiger partial charge < -0.3 is 15.7 Å². The number of halogens is 1. The van der Waals surface area contributed by atoms with Gasteiger partial charge in [-0.05, 0) is 34.1 Å². The fourth-order valence-electron chi connectivity index (χ4n) is 1.82. The molecule has 17 heavy (non-hydrogen) atoms. The van der Waals surface area contributed by atoms with Gasteiger partial charge in [-0.25, -0.2) is 4.79 Å². The molecular formula is C11H11BrN2O3. The van der Waals surface area contributed by atoms with Gasteiger partial charge in [-0.15, -0.1) is 0 Å². The molecule has 1 aliphatic rings. The number of aromatic carboxylic acids is 1. The van der Waals surface area contributed by atoms with Gasteiger partial charge in [0.2, 0.25) is 5.91 Å². The molecule has 1 unspecified atom stereocenters. The lowest BCUT2D eigenvalue weighted by Crippen LogP contribution is -2.28. The fraction of sp³-hybridized carbons (Fsp3) is 0.273. The Balaban J connectivity index is 2.41. The summed E-state index contributed by atoms with van der Waals surface area (Å²) in [6, 6.07) is 4.39. The normalized spacial score (nSPS) is 19.8. The molecule has 1 aromatic carbocycles. The largest absolute Gasteiger partial charge is 0.478 e. The minimum absolute atomic E-state index is 0.0826. The maximum atomic E-state index is 11.7. The molecule has 90 valence electrons. The number of carbonyl (C=O) groups is 2. The minimum atomic E-state index is -1.02. The van der Waals surface area contributed by atoms with Crippen LogP contribution in [0.1, 0.15) is 16.8 Å². The van der Waals surface area contributed by atoms with E-state index in [9.17, 15) is 9.59 Å². The fourth-order valence-corrected chi connectivity index (χ4v) is 2.28. The number of rotatable bonds is 2. The summed E-state index contributed by atoms with van der Waals surface area (Å²) in [5.41, 5.74) is 6.41. The number of nitrogens with zero attached hydrogens (tertiary/aromatic N) is 1. The van der Waals surface area contributed by atoms with Gasteiger partial charge in [0.1, 0.15) is 0 Å². The van der Waals surface area contributed by atoms with Gasteiger partial charge in [-0.2, -0.15) is 0 Å². The molecule has 5 nitrogen and oxygen atoms in total. The van der Waals surface area contributed by atoms with Gasteiger partial charge in [0.25, 0.3) is 0 Å². The lowest BCUT2D eigenvalue weighted by Gasteiger charge is -2.18. The molecule has 0 aromatic heterocycles. The van der Waals surface area contributed by atoms with E-state index in [4.69, 9.17) is 10.8 Å². The zero-order valence-electron chi connectivity index (χ0n) is 8.89. The summed E-state index contributed by atoms with van der Waals surface area (Å²) in [6.45, 7) is 0.417. The van der Waals surface area contributed by atoms with Crippen LogP contribution in [0.5, 0.6) is 0 Å². The predicted octanol–water partition coefficient (Wildman–Crippen LogP) is 1.21. The summed E-state index contributed by atoms with van der Waals surface area (Å²) in [7, 11) is 0. The van der Waals surface area contributed by atoms with Crippen LogP contribution < -0.4 is 10.6 Å². The van der Waals surface area contributed by atoms with Crippen molar-refractivity contribution >= 4 is 33.5 Å². The lowest BCUT2D eigenvalue weighted by atomic mass is 10.2. The maximum Gasteiger partial charge on any atom is 0.335 e. The molecule has 1 amide bonds. The molecular weight excluding hydrogens is 288 g/mol. The number of carbonyl (C=O) groups excluding carboxylic acids is 1. The van der Waals surface area contributed by atoms with E-state index in [-0.39, 0.29) is 17.5 Å². The highest BCUT2D eigenvalue weighted by Crippen LogP contribution is 2.30. The Morgan fingerprint density at radius 2 is 2.24 bits per heavy atom. The van der Waals surface area contributed by atoms with E-state index in [0.717, 1.165) is 0 Å². The first-order chi connectivity index (χ1) is 7.99. The SMILES string of the molecule is NC1CC(=O)N(c2cc(C(=O)O)ccc2Br)C1. The molecule has 0 aliphatic carbocycles. The summed E-state index contributed by atoms with van der Waals surface area (Å²) in [5, 5.41) is 8.92. The number of amides is 1. The second kappa shape index (κ2) is 4.46. The number of hydrogen-bond donors (Lipinski definition) is 2. The Hall–Kier alpha value is -1.40. The van der Waals surface area contributed by atoms with E-state index in [0.29, 0.717) is 23.1 Å². The number of carboxylic acids is 1. The van der Waals surface area contributed by atoms with Gasteiger partial charge in [0.15, 0.2) is 0 Å². The van der Waals surface area contributed by atoms with E-state index < -0.39 is 5.97 Å². The van der Waals surface area contributed by atoms with Crippen molar-refractivity contribution in [1.29, 1.82) is 0 Å². The average molecular weight is 299 g/mol. The molecule has 2 rings (SSSR count). The predicted molar refractivity (Wildman–Crippen MR) is 66.0 cm³/mol. The second-order valence-corrected chi connectivity index (χ2v) is 4.79. The van der Waals surface area contributed by atoms with Crippen LogP contribution in [0, 0.1) is 0 Å². The van der Waals surface area contributed by atoms with Gasteiger partial charge in [-0.3, -0.25) is 4.79 Å². The Kier molecular flexibility index (Phi) is 3.17. The third-order valence-corrected chi connectivity index (χ3v) is 3.31. The maximum absolute atomic E-state index is 11.7. The lowest BCUT2D eigenvalue weighted by molar-refractivity contribution is -0.117. The van der Waals surface area contributed by atoms with Crippen LogP contribution in [-0.4, -0.2) is 29.6 Å². The Bertz CT molecular complexity index is 490. The molecule has 1 heterocycles. The molecule has 3 N–H and O–H groups in total. The summed E-state index contributed by atoms with van der Waals surface area (Å²) in [4.78, 5) is 24.1. The van der Waals surface area contributed by atoms with E-state index >= 15 is 0 Å². The number of nitrogens with two attached hydrogens (primary N) is 1. The smallest absolute Gasteiger partial charge is 0.335 e. The standard InChI is InChI=1S/C11H11BrN2O3/c12-8-2-1-6(11(16)17)3-9(8)14-5-7(13)4-10(14)15/h1-3,7H,4-5,13H2,(H,16,17). The highest BCUT2D eigenvalue weighted by molar-refractivity contribution is 9.10. The third-order valence-electron chi connectivity index (χ3n) is 2.64. The number of hydrogen-bond acceptors (Lipinski definition) is 3. The van der Waals surface area contributed by atoms with Crippen LogP contribution >= 0.6 is 15.9 Å². The molecule has 6 heteroatoms. The van der Waals surface area contributed by atoms with Crippen LogP contribution in [-0.2, 0) is 4.79 Å². The van der Waals surface area contributed by atoms with Gasteiger partial charge in [0.05, 0.1) is 11.3 Å². The van der Waals surface area contributed by atoms with Crippen molar-refractivity contribution < 1.29 is 14.7 Å². The molecule has 0 spiro atoms. The molecule has 0 bridgehead atoms. The van der Waals surface area contributed by atoms with E-state index in [2.05, 4.69) is 15.9 Å². The van der Waals surface area contributed by atoms with E-state index in [1.165, 1.54) is 17.0 Å². The van der Waals surface area contributed by atoms with Crippen LogP contribution in [0.3, 0.4) is 0 Å². The van der Waals surface area contributed by atoms with Gasteiger partial charge >= 0.3 is 5.97 Å². The number of anilines is 1. The first-order valence-corrected chi connectivity index (χ1v) is 5.87. The van der Waals surface area contributed by atoms with Crippen molar-refractivity contribution in [2.75, 3.05) is 11.4 Å². The second-order valence-electron chi connectivity index (χ2n) is 3.94. The molecule has 1 fully saturated rings. The molecule has 1 saturated heterocycles. The Labute approximate surface area is 106 Å². The Morgan fingerprint density at radius 1 is 1.53 bits per heavy atom. The van der Waals surface area contributed by atoms with Crippen LogP contribution in [0.2, 0.25) is 0 Å². The summed E-state index contributed by atoms with van der Waals surface area (Å²) in [6.07, 6.45) is 0.295. The first kappa shape index (κ1) is 12.1. The highest BCUT2D eigenvalue weighted by Gasteiger charge is 2.29. The van der Waals surface area contributed by atoms with Crippen molar-refractivity contribution in [2.24, 2.45) is 5.73 Å².